The lowest BCUT2D eigenvalue weighted by Gasteiger charge is -2.42. The zero-order chi connectivity index (χ0) is 9.26. The molecule has 2 fully saturated rings. The standard InChI is InChI=1S/C12H16S/c1-3-4-5-11-9(2)13-8-10-6-7-12(10)11/h3-5,10,12H,2,6-8H2,1H3. The molecule has 0 nitrogen and oxygen atoms in total. The molecule has 2 unspecified atom stereocenters. The van der Waals surface area contributed by atoms with Crippen molar-refractivity contribution >= 4 is 11.8 Å². The van der Waals surface area contributed by atoms with E-state index in [1.165, 1.54) is 29.1 Å². The first-order valence-corrected chi connectivity index (χ1v) is 5.96. The van der Waals surface area contributed by atoms with Gasteiger partial charge in [-0.2, -0.15) is 0 Å². The second kappa shape index (κ2) is 3.75. The van der Waals surface area contributed by atoms with Crippen molar-refractivity contribution in [1.29, 1.82) is 0 Å². The van der Waals surface area contributed by atoms with Crippen LogP contribution in [0.3, 0.4) is 0 Å². The maximum Gasteiger partial charge on any atom is 0.00351 e. The first kappa shape index (κ1) is 9.14. The lowest BCUT2D eigenvalue weighted by molar-refractivity contribution is 0.243. The highest BCUT2D eigenvalue weighted by atomic mass is 32.2. The topological polar surface area (TPSA) is 0 Å². The van der Waals surface area contributed by atoms with Crippen LogP contribution in [-0.2, 0) is 0 Å². The van der Waals surface area contributed by atoms with Gasteiger partial charge in [-0.25, -0.2) is 0 Å². The third-order valence-electron chi connectivity index (χ3n) is 3.08. The van der Waals surface area contributed by atoms with E-state index in [4.69, 9.17) is 0 Å². The molecule has 0 radical (unpaired) electrons. The van der Waals surface area contributed by atoms with Crippen LogP contribution in [0.1, 0.15) is 19.8 Å². The normalized spacial score (nSPS) is 36.4. The maximum absolute atomic E-state index is 4.13. The number of thioether (sulfide) groups is 1. The lowest BCUT2D eigenvalue weighted by Crippen LogP contribution is -2.32. The second-order valence-electron chi connectivity index (χ2n) is 3.83. The monoisotopic (exact) mass is 192 g/mol. The van der Waals surface area contributed by atoms with Gasteiger partial charge in [0.25, 0.3) is 0 Å². The van der Waals surface area contributed by atoms with Crippen molar-refractivity contribution in [3.05, 3.63) is 35.3 Å². The van der Waals surface area contributed by atoms with Gasteiger partial charge in [0.05, 0.1) is 0 Å². The summed E-state index contributed by atoms with van der Waals surface area (Å²) >= 11 is 1.94. The quantitative estimate of drug-likeness (QED) is 0.609. The average molecular weight is 192 g/mol. The van der Waals surface area contributed by atoms with Gasteiger partial charge in [-0.1, -0.05) is 24.8 Å². The first-order chi connectivity index (χ1) is 6.33. The molecule has 13 heavy (non-hydrogen) atoms. The second-order valence-corrected chi connectivity index (χ2v) is 4.94. The van der Waals surface area contributed by atoms with Gasteiger partial charge in [-0.15, -0.1) is 11.8 Å². The molecule has 0 aromatic heterocycles. The molecule has 70 valence electrons. The molecule has 0 amide bonds. The minimum Gasteiger partial charge on any atom is -0.126 e. The molecule has 1 aliphatic carbocycles. The van der Waals surface area contributed by atoms with E-state index in [9.17, 15) is 0 Å². The van der Waals surface area contributed by atoms with Crippen molar-refractivity contribution < 1.29 is 0 Å². The summed E-state index contributed by atoms with van der Waals surface area (Å²) in [5.74, 6) is 3.09. The van der Waals surface area contributed by atoms with E-state index in [2.05, 4.69) is 31.7 Å². The smallest absolute Gasteiger partial charge is 0.00351 e. The molecule has 1 saturated carbocycles. The summed E-state index contributed by atoms with van der Waals surface area (Å²) in [4.78, 5) is 1.30. The van der Waals surface area contributed by atoms with Crippen molar-refractivity contribution in [3.8, 4) is 0 Å². The van der Waals surface area contributed by atoms with E-state index in [-0.39, 0.29) is 0 Å². The zero-order valence-corrected chi connectivity index (χ0v) is 8.94. The highest BCUT2D eigenvalue weighted by Crippen LogP contribution is 2.50. The van der Waals surface area contributed by atoms with E-state index in [0.29, 0.717) is 0 Å². The Labute approximate surface area is 84.8 Å². The molecular weight excluding hydrogens is 176 g/mol. The highest BCUT2D eigenvalue weighted by Gasteiger charge is 2.37. The molecule has 0 bridgehead atoms. The van der Waals surface area contributed by atoms with Crippen LogP contribution >= 0.6 is 11.8 Å². The molecule has 0 aromatic rings. The van der Waals surface area contributed by atoms with Crippen molar-refractivity contribution in [2.45, 2.75) is 19.8 Å². The summed E-state index contributed by atoms with van der Waals surface area (Å²) < 4.78 is 0. The van der Waals surface area contributed by atoms with Gasteiger partial charge < -0.3 is 0 Å². The van der Waals surface area contributed by atoms with Gasteiger partial charge in [-0.3, -0.25) is 0 Å². The molecular formula is C12H16S. The Bertz CT molecular complexity index is 273. The van der Waals surface area contributed by atoms with Crippen LogP contribution in [0.5, 0.6) is 0 Å². The lowest BCUT2D eigenvalue weighted by atomic mass is 9.70. The summed E-state index contributed by atoms with van der Waals surface area (Å²) in [5, 5.41) is 0. The van der Waals surface area contributed by atoms with E-state index >= 15 is 0 Å². The van der Waals surface area contributed by atoms with Crippen molar-refractivity contribution in [1.82, 2.24) is 0 Å². The van der Waals surface area contributed by atoms with E-state index in [1.54, 1.807) is 0 Å². The van der Waals surface area contributed by atoms with E-state index < -0.39 is 0 Å². The summed E-state index contributed by atoms with van der Waals surface area (Å²) in [5.41, 5.74) is 1.51. The molecule has 0 aromatic carbocycles. The van der Waals surface area contributed by atoms with Gasteiger partial charge in [0.15, 0.2) is 0 Å². The van der Waals surface area contributed by atoms with E-state index in [1.807, 2.05) is 11.8 Å². The number of hydrogen-bond donors (Lipinski definition) is 0. The Hall–Kier alpha value is -0.430. The first-order valence-electron chi connectivity index (χ1n) is 4.98. The Morgan fingerprint density at radius 1 is 1.46 bits per heavy atom. The molecule has 1 heterocycles. The van der Waals surface area contributed by atoms with Crippen LogP contribution in [0.2, 0.25) is 0 Å². The molecule has 2 rings (SSSR count). The van der Waals surface area contributed by atoms with Gasteiger partial charge >= 0.3 is 0 Å². The van der Waals surface area contributed by atoms with Crippen LogP contribution in [0, 0.1) is 11.8 Å². The van der Waals surface area contributed by atoms with Crippen LogP contribution < -0.4 is 0 Å². The van der Waals surface area contributed by atoms with Gasteiger partial charge in [-0.05, 0) is 37.2 Å². The summed E-state index contributed by atoms with van der Waals surface area (Å²) in [6.07, 6.45) is 9.30. The molecule has 0 N–H and O–H groups in total. The van der Waals surface area contributed by atoms with Gasteiger partial charge in [0.1, 0.15) is 0 Å². The average Bonchev–Trinajstić information content (AvgIpc) is 2.08. The Kier molecular flexibility index (Phi) is 2.63. The Morgan fingerprint density at radius 3 is 2.92 bits per heavy atom. The maximum atomic E-state index is 4.13. The molecule has 2 aliphatic rings. The molecule has 1 heteroatoms. The molecule has 1 aliphatic heterocycles. The van der Waals surface area contributed by atoms with Crippen LogP contribution in [-0.4, -0.2) is 5.75 Å². The summed E-state index contributed by atoms with van der Waals surface area (Å²) in [6.45, 7) is 6.19. The largest absolute Gasteiger partial charge is 0.126 e. The number of allylic oxidation sites excluding steroid dienone is 4. The number of fused-ring (bicyclic) bond motifs is 1. The molecule has 0 spiro atoms. The van der Waals surface area contributed by atoms with Crippen molar-refractivity contribution in [2.24, 2.45) is 11.8 Å². The van der Waals surface area contributed by atoms with Gasteiger partial charge in [0, 0.05) is 10.7 Å². The van der Waals surface area contributed by atoms with Crippen LogP contribution in [0.25, 0.3) is 0 Å². The summed E-state index contributed by atoms with van der Waals surface area (Å²) in [6, 6.07) is 0. The number of rotatable bonds is 1. The zero-order valence-electron chi connectivity index (χ0n) is 8.12. The van der Waals surface area contributed by atoms with E-state index in [0.717, 1.165) is 11.8 Å². The minimum absolute atomic E-state index is 0.838. The third kappa shape index (κ3) is 1.62. The predicted octanol–water partition coefficient (Wildman–Crippen LogP) is 3.78. The van der Waals surface area contributed by atoms with Crippen LogP contribution in [0.15, 0.2) is 35.3 Å². The van der Waals surface area contributed by atoms with Crippen LogP contribution in [0.4, 0.5) is 0 Å². The number of hydrogen-bond acceptors (Lipinski definition) is 1. The Morgan fingerprint density at radius 2 is 2.31 bits per heavy atom. The van der Waals surface area contributed by atoms with Crippen molar-refractivity contribution in [3.63, 3.8) is 0 Å². The molecule has 2 atom stereocenters. The third-order valence-corrected chi connectivity index (χ3v) is 4.26. The van der Waals surface area contributed by atoms with Crippen molar-refractivity contribution in [2.75, 3.05) is 5.75 Å². The SMILES string of the molecule is C=C1SCC2CCC2C1=CC=CC. The fraction of sp³-hybridized carbons (Fsp3) is 0.500. The predicted molar refractivity (Wildman–Crippen MR) is 60.7 cm³/mol. The van der Waals surface area contributed by atoms with Gasteiger partial charge in [0.2, 0.25) is 0 Å². The molecule has 1 saturated heterocycles. The fourth-order valence-corrected chi connectivity index (χ4v) is 3.29. The highest BCUT2D eigenvalue weighted by molar-refractivity contribution is 8.03. The minimum atomic E-state index is 0.838. The summed E-state index contributed by atoms with van der Waals surface area (Å²) in [7, 11) is 0. The Balaban J connectivity index is 2.17. The fourth-order valence-electron chi connectivity index (χ4n) is 2.09.